The van der Waals surface area contributed by atoms with Gasteiger partial charge in [0, 0.05) is 12.2 Å². The molecule has 1 unspecified atom stereocenters. The van der Waals surface area contributed by atoms with Gasteiger partial charge in [0.05, 0.1) is 0 Å². The van der Waals surface area contributed by atoms with E-state index in [1.54, 1.807) is 6.07 Å². The molecule has 0 bridgehead atoms. The minimum absolute atomic E-state index is 0.0287. The first-order valence-corrected chi connectivity index (χ1v) is 6.85. The first-order chi connectivity index (χ1) is 8.74. The summed E-state index contributed by atoms with van der Waals surface area (Å²) in [7, 11) is 0. The van der Waals surface area contributed by atoms with Crippen molar-refractivity contribution in [3.8, 4) is 11.5 Å². The van der Waals surface area contributed by atoms with E-state index in [2.05, 4.69) is 0 Å². The second-order valence-electron chi connectivity index (χ2n) is 5.23. The summed E-state index contributed by atoms with van der Waals surface area (Å²) in [5, 5.41) is 28.6. The van der Waals surface area contributed by atoms with Crippen molar-refractivity contribution >= 4 is 0 Å². The van der Waals surface area contributed by atoms with E-state index in [1.807, 2.05) is 6.07 Å². The third kappa shape index (κ3) is 2.78. The fourth-order valence-corrected chi connectivity index (χ4v) is 3.16. The lowest BCUT2D eigenvalue weighted by atomic mass is 9.73. The molecule has 0 aliphatic heterocycles. The molecule has 1 aromatic rings. The number of hydrogen-bond donors (Lipinski definition) is 3. The number of benzene rings is 1. The molecule has 0 aromatic heterocycles. The van der Waals surface area contributed by atoms with Gasteiger partial charge in [-0.05, 0) is 43.6 Å². The van der Waals surface area contributed by atoms with Crippen LogP contribution in [-0.2, 0) is 0 Å². The van der Waals surface area contributed by atoms with Gasteiger partial charge >= 0.3 is 0 Å². The van der Waals surface area contributed by atoms with E-state index in [1.165, 1.54) is 18.9 Å². The second kappa shape index (κ2) is 6.10. The van der Waals surface area contributed by atoms with E-state index >= 15 is 0 Å². The lowest BCUT2D eigenvalue weighted by Crippen LogP contribution is -2.18. The van der Waals surface area contributed by atoms with Crippen molar-refractivity contribution in [1.29, 1.82) is 0 Å². The fourth-order valence-electron chi connectivity index (χ4n) is 3.16. The molecule has 100 valence electrons. The molecular formula is C15H22O3. The molecule has 3 nitrogen and oxygen atoms in total. The van der Waals surface area contributed by atoms with Crippen LogP contribution in [0.2, 0.25) is 0 Å². The maximum absolute atomic E-state index is 9.99. The van der Waals surface area contributed by atoms with Crippen LogP contribution in [0.3, 0.4) is 0 Å². The number of phenolic OH excluding ortho intramolecular Hbond substituents is 2. The van der Waals surface area contributed by atoms with Crippen LogP contribution in [0.5, 0.6) is 11.5 Å². The largest absolute Gasteiger partial charge is 0.504 e. The topological polar surface area (TPSA) is 60.7 Å². The normalized spacial score (nSPS) is 24.1. The predicted molar refractivity (Wildman–Crippen MR) is 70.8 cm³/mol. The van der Waals surface area contributed by atoms with Crippen molar-refractivity contribution in [2.75, 3.05) is 6.61 Å². The predicted octanol–water partition coefficient (Wildman–Crippen LogP) is 3.14. The molecule has 0 saturated heterocycles. The highest BCUT2D eigenvalue weighted by Crippen LogP contribution is 2.45. The van der Waals surface area contributed by atoms with Crippen molar-refractivity contribution < 1.29 is 15.3 Å². The average Bonchev–Trinajstić information content (AvgIpc) is 2.40. The Hall–Kier alpha value is -1.22. The molecule has 1 aliphatic carbocycles. The number of para-hydroxylation sites is 1. The van der Waals surface area contributed by atoms with E-state index in [4.69, 9.17) is 5.11 Å². The smallest absolute Gasteiger partial charge is 0.160 e. The van der Waals surface area contributed by atoms with Crippen LogP contribution in [0, 0.1) is 5.92 Å². The van der Waals surface area contributed by atoms with E-state index in [-0.39, 0.29) is 18.1 Å². The molecular weight excluding hydrogens is 228 g/mol. The molecule has 0 amide bonds. The minimum atomic E-state index is -0.0287. The van der Waals surface area contributed by atoms with Crippen molar-refractivity contribution in [3.05, 3.63) is 23.8 Å². The lowest BCUT2D eigenvalue weighted by Gasteiger charge is -2.32. The molecule has 1 aliphatic rings. The third-order valence-corrected chi connectivity index (χ3v) is 4.09. The molecule has 1 saturated carbocycles. The number of hydrogen-bond acceptors (Lipinski definition) is 3. The highest BCUT2D eigenvalue weighted by molar-refractivity contribution is 5.46. The number of aliphatic hydroxyl groups is 1. The summed E-state index contributed by atoms with van der Waals surface area (Å²) in [6, 6.07) is 5.23. The molecule has 3 heteroatoms. The number of aromatic hydroxyl groups is 2. The maximum atomic E-state index is 9.99. The first kappa shape index (κ1) is 13.2. The quantitative estimate of drug-likeness (QED) is 0.719. The van der Waals surface area contributed by atoms with Gasteiger partial charge < -0.3 is 15.3 Å². The van der Waals surface area contributed by atoms with Crippen LogP contribution in [0.25, 0.3) is 0 Å². The highest BCUT2D eigenvalue weighted by atomic mass is 16.3. The number of phenols is 2. The molecule has 0 heterocycles. The Balaban J connectivity index is 2.19. The Morgan fingerprint density at radius 2 is 1.89 bits per heavy atom. The minimum Gasteiger partial charge on any atom is -0.504 e. The third-order valence-electron chi connectivity index (χ3n) is 4.09. The summed E-state index contributed by atoms with van der Waals surface area (Å²) < 4.78 is 0. The van der Waals surface area contributed by atoms with E-state index < -0.39 is 0 Å². The Bertz CT molecular complexity index is 389. The van der Waals surface area contributed by atoms with Crippen molar-refractivity contribution in [3.63, 3.8) is 0 Å². The highest BCUT2D eigenvalue weighted by Gasteiger charge is 2.28. The number of rotatable bonds is 4. The van der Waals surface area contributed by atoms with Crippen LogP contribution in [0.1, 0.15) is 50.0 Å². The molecule has 0 spiro atoms. The van der Waals surface area contributed by atoms with Gasteiger partial charge in [0.25, 0.3) is 0 Å². The zero-order valence-corrected chi connectivity index (χ0v) is 10.7. The van der Waals surface area contributed by atoms with E-state index in [9.17, 15) is 10.2 Å². The molecule has 3 N–H and O–H groups in total. The van der Waals surface area contributed by atoms with Gasteiger partial charge in [0.2, 0.25) is 0 Å². The molecule has 2 rings (SSSR count). The monoisotopic (exact) mass is 250 g/mol. The van der Waals surface area contributed by atoms with Gasteiger partial charge in [-0.25, -0.2) is 0 Å². The Morgan fingerprint density at radius 3 is 2.67 bits per heavy atom. The number of aliphatic hydroxyl groups excluding tert-OH is 1. The zero-order chi connectivity index (χ0) is 13.0. The van der Waals surface area contributed by atoms with Gasteiger partial charge in [-0.2, -0.15) is 0 Å². The van der Waals surface area contributed by atoms with Gasteiger partial charge in [0.15, 0.2) is 11.5 Å². The van der Waals surface area contributed by atoms with Crippen molar-refractivity contribution in [2.24, 2.45) is 5.92 Å². The van der Waals surface area contributed by atoms with Gasteiger partial charge in [-0.3, -0.25) is 0 Å². The molecule has 2 atom stereocenters. The molecule has 0 radical (unpaired) electrons. The summed E-state index contributed by atoms with van der Waals surface area (Å²) in [4.78, 5) is 0. The summed E-state index contributed by atoms with van der Waals surface area (Å²) in [6.45, 7) is 0.231. The summed E-state index contributed by atoms with van der Waals surface area (Å²) >= 11 is 0. The van der Waals surface area contributed by atoms with E-state index in [0.29, 0.717) is 11.8 Å². The van der Waals surface area contributed by atoms with Crippen LogP contribution >= 0.6 is 0 Å². The fraction of sp³-hybridized carbons (Fsp3) is 0.600. The SMILES string of the molecule is OCCC[C@@H]1CCCCC1c1cccc(O)c1O. The van der Waals surface area contributed by atoms with Gasteiger partial charge in [0.1, 0.15) is 0 Å². The molecule has 1 fully saturated rings. The van der Waals surface area contributed by atoms with Crippen LogP contribution in [0.15, 0.2) is 18.2 Å². The lowest BCUT2D eigenvalue weighted by molar-refractivity contribution is 0.234. The molecule has 1 aromatic carbocycles. The van der Waals surface area contributed by atoms with Crippen LogP contribution in [0.4, 0.5) is 0 Å². The zero-order valence-electron chi connectivity index (χ0n) is 10.7. The van der Waals surface area contributed by atoms with Crippen LogP contribution < -0.4 is 0 Å². The van der Waals surface area contributed by atoms with Gasteiger partial charge in [-0.15, -0.1) is 0 Å². The second-order valence-corrected chi connectivity index (χ2v) is 5.23. The van der Waals surface area contributed by atoms with Crippen LogP contribution in [-0.4, -0.2) is 21.9 Å². The van der Waals surface area contributed by atoms with Crippen molar-refractivity contribution in [2.45, 2.75) is 44.4 Å². The van der Waals surface area contributed by atoms with E-state index in [0.717, 1.165) is 31.2 Å². The maximum Gasteiger partial charge on any atom is 0.160 e. The van der Waals surface area contributed by atoms with Gasteiger partial charge in [-0.1, -0.05) is 25.0 Å². The standard InChI is InChI=1S/C15H22O3/c16-10-4-6-11-5-1-2-7-12(11)13-8-3-9-14(17)15(13)18/h3,8-9,11-12,16-18H,1-2,4-7,10H2/t11-,12?/m0/s1. The Labute approximate surface area is 108 Å². The summed E-state index contributed by atoms with van der Waals surface area (Å²) in [6.07, 6.45) is 6.44. The first-order valence-electron chi connectivity index (χ1n) is 6.85. The van der Waals surface area contributed by atoms with Crippen molar-refractivity contribution in [1.82, 2.24) is 0 Å². The summed E-state index contributed by atoms with van der Waals surface area (Å²) in [5.41, 5.74) is 0.873. The summed E-state index contributed by atoms with van der Waals surface area (Å²) in [5.74, 6) is 0.841. The molecule has 18 heavy (non-hydrogen) atoms. The Morgan fingerprint density at radius 1 is 1.11 bits per heavy atom. The average molecular weight is 250 g/mol. The Kier molecular flexibility index (Phi) is 4.48.